The third-order valence-corrected chi connectivity index (χ3v) is 3.62. The minimum absolute atomic E-state index is 0.277. The molecule has 3 aromatic heterocycles. The van der Waals surface area contributed by atoms with Crippen LogP contribution in [0.4, 0.5) is 5.13 Å². The fourth-order valence-corrected chi connectivity index (χ4v) is 2.45. The highest BCUT2D eigenvalue weighted by Crippen LogP contribution is 2.23. The minimum Gasteiger partial charge on any atom is -0.298 e. The molecule has 0 spiro atoms. The van der Waals surface area contributed by atoms with Gasteiger partial charge in [-0.15, -0.1) is 11.3 Å². The van der Waals surface area contributed by atoms with Crippen LogP contribution in [0, 0.1) is 0 Å². The maximum absolute atomic E-state index is 12.0. The highest BCUT2D eigenvalue weighted by Gasteiger charge is 2.10. The Bertz CT molecular complexity index is 758. The van der Waals surface area contributed by atoms with E-state index < -0.39 is 0 Å². The zero-order valence-electron chi connectivity index (χ0n) is 10.7. The number of anilines is 1. The number of nitrogens with zero attached hydrogens (tertiary/aromatic N) is 3. The first-order valence-electron chi connectivity index (χ1n) is 6.02. The van der Waals surface area contributed by atoms with Crippen LogP contribution in [0.3, 0.4) is 0 Å². The first-order chi connectivity index (χ1) is 10.2. The van der Waals surface area contributed by atoms with Gasteiger partial charge in [0.05, 0.1) is 11.3 Å². The topological polar surface area (TPSA) is 67.8 Å². The number of amides is 1. The molecule has 0 bridgehead atoms. The molecule has 0 aliphatic heterocycles. The predicted molar refractivity (Wildman–Crippen MR) is 82.5 cm³/mol. The normalized spacial score (nSPS) is 10.3. The van der Waals surface area contributed by atoms with Crippen molar-refractivity contribution in [2.75, 3.05) is 5.32 Å². The maximum Gasteiger partial charge on any atom is 0.259 e. The van der Waals surface area contributed by atoms with Gasteiger partial charge in [0.2, 0.25) is 0 Å². The molecule has 3 aromatic rings. The Morgan fingerprint density at radius 3 is 2.76 bits per heavy atom. The van der Waals surface area contributed by atoms with Crippen LogP contribution in [-0.2, 0) is 0 Å². The summed E-state index contributed by atoms with van der Waals surface area (Å²) in [5.74, 6) is -0.277. The molecule has 7 heteroatoms. The highest BCUT2D eigenvalue weighted by atomic mass is 35.5. The lowest BCUT2D eigenvalue weighted by Gasteiger charge is -2.01. The molecular weight excluding hydrogens is 308 g/mol. The molecule has 0 unspecified atom stereocenters. The van der Waals surface area contributed by atoms with Gasteiger partial charge in [0, 0.05) is 17.8 Å². The summed E-state index contributed by atoms with van der Waals surface area (Å²) in [7, 11) is 0. The van der Waals surface area contributed by atoms with Crippen molar-refractivity contribution in [3.8, 4) is 11.4 Å². The smallest absolute Gasteiger partial charge is 0.259 e. The van der Waals surface area contributed by atoms with E-state index in [-0.39, 0.29) is 5.91 Å². The van der Waals surface area contributed by atoms with Gasteiger partial charge in [0.1, 0.15) is 10.8 Å². The van der Waals surface area contributed by atoms with Crippen LogP contribution in [0.1, 0.15) is 10.4 Å². The second-order valence-corrected chi connectivity index (χ2v) is 5.32. The molecule has 0 saturated heterocycles. The van der Waals surface area contributed by atoms with Crippen molar-refractivity contribution in [2.24, 2.45) is 0 Å². The summed E-state index contributed by atoms with van der Waals surface area (Å²) >= 11 is 7.03. The Balaban J connectivity index is 1.75. The number of nitrogens with one attached hydrogen (secondary N) is 1. The predicted octanol–water partition coefficient (Wildman–Crippen LogP) is 3.51. The summed E-state index contributed by atoms with van der Waals surface area (Å²) in [4.78, 5) is 24.5. The molecule has 104 valence electrons. The molecule has 1 N–H and O–H groups in total. The zero-order valence-corrected chi connectivity index (χ0v) is 12.2. The fraction of sp³-hybridized carbons (Fsp3) is 0. The summed E-state index contributed by atoms with van der Waals surface area (Å²) < 4.78 is 0. The number of halogens is 1. The van der Waals surface area contributed by atoms with Gasteiger partial charge < -0.3 is 0 Å². The van der Waals surface area contributed by atoms with E-state index in [2.05, 4.69) is 20.3 Å². The Morgan fingerprint density at radius 1 is 1.14 bits per heavy atom. The summed E-state index contributed by atoms with van der Waals surface area (Å²) in [6.07, 6.45) is 3.12. The number of carbonyl (C=O) groups excluding carboxylic acids is 1. The lowest BCUT2D eigenvalue weighted by molar-refractivity contribution is 0.102. The van der Waals surface area contributed by atoms with Crippen LogP contribution in [0.25, 0.3) is 11.4 Å². The highest BCUT2D eigenvalue weighted by molar-refractivity contribution is 7.14. The molecule has 0 atom stereocenters. The van der Waals surface area contributed by atoms with Gasteiger partial charge in [0.15, 0.2) is 5.13 Å². The van der Waals surface area contributed by atoms with Crippen LogP contribution >= 0.6 is 22.9 Å². The van der Waals surface area contributed by atoms with Gasteiger partial charge in [-0.05, 0) is 24.3 Å². The van der Waals surface area contributed by atoms with Gasteiger partial charge in [0.25, 0.3) is 5.91 Å². The number of pyridine rings is 2. The lowest BCUT2D eigenvalue weighted by Crippen LogP contribution is -2.11. The molecule has 0 radical (unpaired) electrons. The van der Waals surface area contributed by atoms with E-state index in [1.807, 2.05) is 23.6 Å². The lowest BCUT2D eigenvalue weighted by atomic mass is 10.3. The third-order valence-electron chi connectivity index (χ3n) is 2.64. The number of carbonyl (C=O) groups is 1. The standard InChI is InChI=1S/C14H9ClN4OS/c15-12-5-4-9(7-17-12)13(20)19-14-18-11(8-21-14)10-3-1-2-6-16-10/h1-8H,(H,18,19,20). The van der Waals surface area contributed by atoms with E-state index in [4.69, 9.17) is 11.6 Å². The summed E-state index contributed by atoms with van der Waals surface area (Å²) in [6, 6.07) is 8.77. The zero-order chi connectivity index (χ0) is 14.7. The Labute approximate surface area is 129 Å². The average molecular weight is 317 g/mol. The SMILES string of the molecule is O=C(Nc1nc(-c2ccccn2)cs1)c1ccc(Cl)nc1. The van der Waals surface area contributed by atoms with Crippen LogP contribution < -0.4 is 5.32 Å². The molecule has 0 saturated carbocycles. The molecule has 21 heavy (non-hydrogen) atoms. The quantitative estimate of drug-likeness (QED) is 0.751. The molecular formula is C14H9ClN4OS. The summed E-state index contributed by atoms with van der Waals surface area (Å²) in [6.45, 7) is 0. The molecule has 3 heterocycles. The van der Waals surface area contributed by atoms with Crippen LogP contribution in [0.5, 0.6) is 0 Å². The largest absolute Gasteiger partial charge is 0.298 e. The minimum atomic E-state index is -0.277. The molecule has 0 fully saturated rings. The molecule has 0 aliphatic rings. The summed E-state index contributed by atoms with van der Waals surface area (Å²) in [5.41, 5.74) is 1.92. The Morgan fingerprint density at radius 2 is 2.05 bits per heavy atom. The van der Waals surface area contributed by atoms with Crippen molar-refractivity contribution in [1.29, 1.82) is 0 Å². The number of rotatable bonds is 3. The van der Waals surface area contributed by atoms with Crippen molar-refractivity contribution >= 4 is 34.0 Å². The number of aromatic nitrogens is 3. The van der Waals surface area contributed by atoms with Crippen LogP contribution in [0.2, 0.25) is 5.15 Å². The Kier molecular flexibility index (Phi) is 3.89. The number of thiazole rings is 1. The molecule has 1 amide bonds. The van der Waals surface area contributed by atoms with E-state index in [9.17, 15) is 4.79 Å². The van der Waals surface area contributed by atoms with Crippen molar-refractivity contribution in [3.05, 3.63) is 58.8 Å². The van der Waals surface area contributed by atoms with E-state index in [1.54, 1.807) is 18.3 Å². The molecule has 5 nitrogen and oxygen atoms in total. The van der Waals surface area contributed by atoms with Crippen LogP contribution in [-0.4, -0.2) is 20.9 Å². The van der Waals surface area contributed by atoms with E-state index in [0.717, 1.165) is 11.4 Å². The third kappa shape index (κ3) is 3.24. The van der Waals surface area contributed by atoms with Crippen molar-refractivity contribution in [2.45, 2.75) is 0 Å². The number of hydrogen-bond donors (Lipinski definition) is 1. The van der Waals surface area contributed by atoms with Gasteiger partial charge in [-0.1, -0.05) is 17.7 Å². The monoisotopic (exact) mass is 316 g/mol. The van der Waals surface area contributed by atoms with Crippen molar-refractivity contribution in [3.63, 3.8) is 0 Å². The fourth-order valence-electron chi connectivity index (χ4n) is 1.64. The maximum atomic E-state index is 12.0. The van der Waals surface area contributed by atoms with E-state index in [1.165, 1.54) is 17.5 Å². The van der Waals surface area contributed by atoms with E-state index >= 15 is 0 Å². The second-order valence-electron chi connectivity index (χ2n) is 4.08. The molecule has 0 aromatic carbocycles. The van der Waals surface area contributed by atoms with Crippen molar-refractivity contribution in [1.82, 2.24) is 15.0 Å². The first kappa shape index (κ1) is 13.7. The van der Waals surface area contributed by atoms with Gasteiger partial charge in [-0.3, -0.25) is 15.1 Å². The molecule has 0 aliphatic carbocycles. The first-order valence-corrected chi connectivity index (χ1v) is 7.28. The average Bonchev–Trinajstić information content (AvgIpc) is 2.97. The van der Waals surface area contributed by atoms with Gasteiger partial charge >= 0.3 is 0 Å². The molecule has 3 rings (SSSR count). The van der Waals surface area contributed by atoms with Crippen LogP contribution in [0.15, 0.2) is 48.1 Å². The van der Waals surface area contributed by atoms with E-state index in [0.29, 0.717) is 15.8 Å². The summed E-state index contributed by atoms with van der Waals surface area (Å²) in [5, 5.41) is 5.43. The Hall–Kier alpha value is -2.31. The second kappa shape index (κ2) is 5.99. The van der Waals surface area contributed by atoms with Gasteiger partial charge in [-0.2, -0.15) is 0 Å². The number of hydrogen-bond acceptors (Lipinski definition) is 5. The van der Waals surface area contributed by atoms with Crippen molar-refractivity contribution < 1.29 is 4.79 Å². The van der Waals surface area contributed by atoms with Gasteiger partial charge in [-0.25, -0.2) is 9.97 Å².